The molecule has 5 rings (SSSR count). The Balaban J connectivity index is 1.30. The molecule has 41 heavy (non-hydrogen) atoms. The van der Waals surface area contributed by atoms with E-state index in [1.165, 1.54) is 17.0 Å². The summed E-state index contributed by atoms with van der Waals surface area (Å²) in [4.78, 5) is 17.4. The van der Waals surface area contributed by atoms with Crippen LogP contribution in [0, 0.1) is 0 Å². The number of aromatic nitrogens is 2. The van der Waals surface area contributed by atoms with Crippen LogP contribution in [0.5, 0.6) is 0 Å². The van der Waals surface area contributed by atoms with Crippen molar-refractivity contribution in [1.29, 1.82) is 0 Å². The van der Waals surface area contributed by atoms with Crippen LogP contribution in [0.3, 0.4) is 0 Å². The zero-order chi connectivity index (χ0) is 29.2. The number of nitrogens with zero attached hydrogens (tertiary/aromatic N) is 4. The topological polar surface area (TPSA) is 102 Å². The largest absolute Gasteiger partial charge is 0.332 e. The van der Waals surface area contributed by atoms with Gasteiger partial charge in [0.1, 0.15) is 0 Å². The molecule has 1 aromatic heterocycles. The van der Waals surface area contributed by atoms with Crippen LogP contribution in [-0.4, -0.2) is 66.0 Å². The molecular formula is C30H37F2N5O3S. The molecule has 8 nitrogen and oxygen atoms in total. The number of carbonyl (C=O) groups excluding carboxylic acids is 1. The van der Waals surface area contributed by atoms with Gasteiger partial charge >= 0.3 is 0 Å². The molecule has 0 spiro atoms. The van der Waals surface area contributed by atoms with Gasteiger partial charge in [-0.2, -0.15) is 5.10 Å². The molecule has 1 atom stereocenters. The third-order valence-corrected chi connectivity index (χ3v) is 9.20. The van der Waals surface area contributed by atoms with E-state index in [0.29, 0.717) is 24.2 Å². The number of rotatable bonds is 9. The smallest absolute Gasteiger partial charge is 0.273 e. The second kappa shape index (κ2) is 12.0. The van der Waals surface area contributed by atoms with Crippen molar-refractivity contribution in [3.05, 3.63) is 83.2 Å². The number of sulfonamides is 1. The first-order chi connectivity index (χ1) is 19.6. The second-order valence-electron chi connectivity index (χ2n) is 11.2. The average molecular weight is 586 g/mol. The number of carbonyl (C=O) groups is 1. The van der Waals surface area contributed by atoms with E-state index in [1.54, 1.807) is 48.7 Å². The molecule has 1 amide bonds. The fourth-order valence-electron chi connectivity index (χ4n) is 6.03. The highest BCUT2D eigenvalue weighted by molar-refractivity contribution is 7.89. The molecule has 220 valence electrons. The first kappa shape index (κ1) is 29.3. The summed E-state index contributed by atoms with van der Waals surface area (Å²) in [6, 6.07) is 15.3. The van der Waals surface area contributed by atoms with Gasteiger partial charge in [-0.05, 0) is 55.6 Å². The number of likely N-dealkylation sites (tertiary alicyclic amines) is 2. The predicted molar refractivity (Wildman–Crippen MR) is 152 cm³/mol. The van der Waals surface area contributed by atoms with E-state index in [-0.39, 0.29) is 23.3 Å². The highest BCUT2D eigenvalue weighted by Crippen LogP contribution is 2.41. The fourth-order valence-corrected chi connectivity index (χ4v) is 6.54. The van der Waals surface area contributed by atoms with E-state index >= 15 is 8.78 Å². The monoisotopic (exact) mass is 585 g/mol. The Kier molecular flexibility index (Phi) is 8.58. The molecule has 0 bridgehead atoms. The second-order valence-corrected chi connectivity index (χ2v) is 12.7. The number of piperidine rings is 1. The van der Waals surface area contributed by atoms with E-state index in [0.717, 1.165) is 50.0 Å². The molecule has 11 heteroatoms. The minimum atomic E-state index is -3.73. The molecule has 2 N–H and O–H groups in total. The van der Waals surface area contributed by atoms with Gasteiger partial charge in [-0.1, -0.05) is 55.8 Å². The summed E-state index contributed by atoms with van der Waals surface area (Å²) in [5, 5.41) is 9.76. The summed E-state index contributed by atoms with van der Waals surface area (Å²) >= 11 is 0. The highest BCUT2D eigenvalue weighted by Gasteiger charge is 2.50. The van der Waals surface area contributed by atoms with Gasteiger partial charge in [0.05, 0.1) is 34.8 Å². The van der Waals surface area contributed by atoms with Crippen molar-refractivity contribution >= 4 is 15.9 Å². The minimum Gasteiger partial charge on any atom is -0.332 e. The third kappa shape index (κ3) is 6.52. The number of alkyl halides is 2. The van der Waals surface area contributed by atoms with Crippen LogP contribution in [-0.2, 0) is 23.1 Å². The van der Waals surface area contributed by atoms with Gasteiger partial charge in [-0.3, -0.25) is 14.4 Å². The molecule has 2 aromatic carbocycles. The van der Waals surface area contributed by atoms with Gasteiger partial charge < -0.3 is 4.90 Å². The molecule has 2 saturated heterocycles. The summed E-state index contributed by atoms with van der Waals surface area (Å²) < 4.78 is 55.2. The lowest BCUT2D eigenvalue weighted by Crippen LogP contribution is -2.35. The van der Waals surface area contributed by atoms with Crippen molar-refractivity contribution in [2.24, 2.45) is 5.14 Å². The Bertz CT molecular complexity index is 1450. The molecule has 3 aromatic rings. The zero-order valence-electron chi connectivity index (χ0n) is 23.3. The minimum absolute atomic E-state index is 0.0296. The molecule has 2 fully saturated rings. The zero-order valence-corrected chi connectivity index (χ0v) is 24.1. The Morgan fingerprint density at radius 2 is 1.76 bits per heavy atom. The maximum Gasteiger partial charge on any atom is 0.273 e. The van der Waals surface area contributed by atoms with Crippen LogP contribution in [0.2, 0.25) is 0 Å². The molecule has 0 aliphatic carbocycles. The lowest BCUT2D eigenvalue weighted by Gasteiger charge is -2.33. The van der Waals surface area contributed by atoms with Gasteiger partial charge in [-0.15, -0.1) is 0 Å². The van der Waals surface area contributed by atoms with Crippen molar-refractivity contribution in [1.82, 2.24) is 19.6 Å². The molecule has 2 aliphatic heterocycles. The molecule has 3 heterocycles. The number of hydrogen-bond acceptors (Lipinski definition) is 5. The van der Waals surface area contributed by atoms with Crippen LogP contribution in [0.15, 0.2) is 65.7 Å². The predicted octanol–water partition coefficient (Wildman–Crippen LogP) is 4.59. The maximum absolute atomic E-state index is 15.1. The fraction of sp³-hybridized carbons (Fsp3) is 0.467. The van der Waals surface area contributed by atoms with Crippen LogP contribution >= 0.6 is 0 Å². The lowest BCUT2D eigenvalue weighted by molar-refractivity contribution is -0.00244. The van der Waals surface area contributed by atoms with Gasteiger partial charge in [0, 0.05) is 25.6 Å². The Labute approximate surface area is 240 Å². The van der Waals surface area contributed by atoms with Crippen LogP contribution in [0.1, 0.15) is 71.6 Å². The lowest BCUT2D eigenvalue weighted by atomic mass is 9.90. The van der Waals surface area contributed by atoms with Gasteiger partial charge in [0.25, 0.3) is 11.8 Å². The van der Waals surface area contributed by atoms with Crippen molar-refractivity contribution in [2.75, 3.05) is 26.2 Å². The summed E-state index contributed by atoms with van der Waals surface area (Å²) in [6.45, 7) is 4.38. The summed E-state index contributed by atoms with van der Waals surface area (Å²) in [5.74, 6) is -4.33. The molecule has 0 radical (unpaired) electrons. The number of hydrogen-bond donors (Lipinski definition) is 1. The maximum atomic E-state index is 15.1. The summed E-state index contributed by atoms with van der Waals surface area (Å²) in [7, 11) is -3.73. The van der Waals surface area contributed by atoms with Gasteiger partial charge in [0.15, 0.2) is 0 Å². The number of nitrogens with two attached hydrogens (primary N) is 1. The highest BCUT2D eigenvalue weighted by atomic mass is 32.2. The van der Waals surface area contributed by atoms with Gasteiger partial charge in [0.2, 0.25) is 10.0 Å². The van der Waals surface area contributed by atoms with E-state index in [9.17, 15) is 13.2 Å². The van der Waals surface area contributed by atoms with Crippen molar-refractivity contribution < 1.29 is 22.0 Å². The quantitative estimate of drug-likeness (QED) is 0.396. The Hall–Kier alpha value is -3.15. The molecule has 2 aliphatic rings. The Morgan fingerprint density at radius 1 is 1.07 bits per heavy atom. The number of halogens is 2. The van der Waals surface area contributed by atoms with Crippen LogP contribution < -0.4 is 5.14 Å². The molecule has 0 saturated carbocycles. The Morgan fingerprint density at radius 3 is 2.39 bits per heavy atom. The average Bonchev–Trinajstić information content (AvgIpc) is 3.52. The summed E-state index contributed by atoms with van der Waals surface area (Å²) in [5.41, 5.74) is 2.82. The number of primary sulfonamides is 1. The number of benzene rings is 2. The summed E-state index contributed by atoms with van der Waals surface area (Å²) in [6.07, 6.45) is 5.06. The van der Waals surface area contributed by atoms with E-state index in [2.05, 4.69) is 16.9 Å². The molecule has 1 unspecified atom stereocenters. The number of amides is 1. The van der Waals surface area contributed by atoms with E-state index < -0.39 is 28.4 Å². The molecular weight excluding hydrogens is 548 g/mol. The third-order valence-electron chi connectivity index (χ3n) is 8.27. The number of aryl methyl sites for hydroxylation is 1. The standard InChI is InChI=1S/C30H37F2N5O3S/c1-2-3-15-37-28(24-13-16-35(17-14-24)19-22-9-11-25(12-10-22)41(33,39)40)26(18-34-37)29(38)36-20-27(30(31,32)21-36)23-7-5-4-6-8-23/h4-12,18,24,27H,2-3,13-17,19-21H2,1H3,(H2,33,39,40). The van der Waals surface area contributed by atoms with E-state index in [1.807, 2.05) is 4.68 Å². The first-order valence-corrected chi connectivity index (χ1v) is 15.7. The van der Waals surface area contributed by atoms with Crippen LogP contribution in [0.4, 0.5) is 8.78 Å². The number of unbranched alkanes of at least 4 members (excludes halogenated alkanes) is 1. The van der Waals surface area contributed by atoms with Crippen molar-refractivity contribution in [3.8, 4) is 0 Å². The van der Waals surface area contributed by atoms with Gasteiger partial charge in [-0.25, -0.2) is 22.3 Å². The van der Waals surface area contributed by atoms with Crippen LogP contribution in [0.25, 0.3) is 0 Å². The first-order valence-electron chi connectivity index (χ1n) is 14.2. The SMILES string of the molecule is CCCCn1ncc(C(=O)N2CC(c3ccccc3)C(F)(F)C2)c1C1CCN(Cc2ccc(S(N)(=O)=O)cc2)CC1. The van der Waals surface area contributed by atoms with Crippen molar-refractivity contribution in [2.45, 2.75) is 68.4 Å². The normalized spacial score (nSPS) is 20.0. The van der Waals surface area contributed by atoms with Crippen molar-refractivity contribution in [3.63, 3.8) is 0 Å². The van der Waals surface area contributed by atoms with E-state index in [4.69, 9.17) is 5.14 Å².